The number of aliphatic hydroxyl groups excluding tert-OH is 1. The number of carbonyl (C=O) groups is 1. The van der Waals surface area contributed by atoms with Crippen LogP contribution in [0.15, 0.2) is 28.7 Å². The van der Waals surface area contributed by atoms with E-state index >= 15 is 0 Å². The summed E-state index contributed by atoms with van der Waals surface area (Å²) in [5, 5.41) is 15.3. The molecule has 1 aromatic rings. The molecule has 0 aliphatic heterocycles. The van der Waals surface area contributed by atoms with E-state index in [0.717, 1.165) is 22.9 Å². The van der Waals surface area contributed by atoms with Crippen molar-refractivity contribution in [2.45, 2.75) is 38.3 Å². The summed E-state index contributed by atoms with van der Waals surface area (Å²) in [5.74, 6) is 0.386. The quantitative estimate of drug-likeness (QED) is 0.771. The lowest BCUT2D eigenvalue weighted by atomic mass is 9.97. The summed E-state index contributed by atoms with van der Waals surface area (Å²) in [6.45, 7) is 3.80. The molecule has 5 heteroatoms. The van der Waals surface area contributed by atoms with E-state index in [1.165, 1.54) is 0 Å². The summed E-state index contributed by atoms with van der Waals surface area (Å²) in [4.78, 5) is 12.1. The van der Waals surface area contributed by atoms with Gasteiger partial charge in [-0.2, -0.15) is 0 Å². The van der Waals surface area contributed by atoms with Crippen LogP contribution < -0.4 is 10.6 Å². The Morgan fingerprint density at radius 3 is 2.70 bits per heavy atom. The largest absolute Gasteiger partial charge is 0.394 e. The molecule has 20 heavy (non-hydrogen) atoms. The molecule has 1 saturated carbocycles. The zero-order valence-electron chi connectivity index (χ0n) is 11.8. The average Bonchev–Trinajstić information content (AvgIpc) is 3.23. The van der Waals surface area contributed by atoms with Crippen molar-refractivity contribution in [3.05, 3.63) is 34.3 Å². The summed E-state index contributed by atoms with van der Waals surface area (Å²) in [7, 11) is 0. The molecule has 3 N–H and O–H groups in total. The molecule has 0 bridgehead atoms. The zero-order chi connectivity index (χ0) is 14.8. The molecule has 1 aromatic carbocycles. The maximum Gasteiger partial charge on any atom is 0.315 e. The van der Waals surface area contributed by atoms with Crippen molar-refractivity contribution in [2.24, 2.45) is 5.92 Å². The molecule has 2 rings (SSSR count). The topological polar surface area (TPSA) is 61.4 Å². The summed E-state index contributed by atoms with van der Waals surface area (Å²) in [5.41, 5.74) is 0.511. The highest BCUT2D eigenvalue weighted by molar-refractivity contribution is 9.10. The van der Waals surface area contributed by atoms with Gasteiger partial charge in [0.1, 0.15) is 0 Å². The van der Waals surface area contributed by atoms with Crippen molar-refractivity contribution in [3.63, 3.8) is 0 Å². The number of aliphatic hydroxyl groups is 1. The summed E-state index contributed by atoms with van der Waals surface area (Å²) < 4.78 is 0.972. The molecule has 2 amide bonds. The van der Waals surface area contributed by atoms with Gasteiger partial charge >= 0.3 is 6.03 Å². The van der Waals surface area contributed by atoms with Crippen LogP contribution in [0.25, 0.3) is 0 Å². The maximum absolute atomic E-state index is 12.1. The Labute approximate surface area is 128 Å². The van der Waals surface area contributed by atoms with Gasteiger partial charge in [-0.1, -0.05) is 34.1 Å². The first kappa shape index (κ1) is 15.3. The fourth-order valence-corrected chi connectivity index (χ4v) is 3.02. The van der Waals surface area contributed by atoms with Crippen LogP contribution in [0, 0.1) is 5.92 Å². The lowest BCUT2D eigenvalue weighted by molar-refractivity contribution is 0.154. The molecule has 110 valence electrons. The highest BCUT2D eigenvalue weighted by Crippen LogP contribution is 2.39. The first-order valence-corrected chi connectivity index (χ1v) is 7.69. The van der Waals surface area contributed by atoms with Crippen LogP contribution >= 0.6 is 15.9 Å². The second kappa shape index (κ2) is 6.14. The number of hydrogen-bond donors (Lipinski definition) is 3. The molecule has 0 radical (unpaired) electrons. The molecule has 1 aliphatic rings. The van der Waals surface area contributed by atoms with E-state index < -0.39 is 5.54 Å². The Kier molecular flexibility index (Phi) is 4.70. The molecule has 4 nitrogen and oxygen atoms in total. The highest BCUT2D eigenvalue weighted by atomic mass is 79.9. The Balaban J connectivity index is 1.96. The van der Waals surface area contributed by atoms with Gasteiger partial charge in [-0.05, 0) is 44.2 Å². The van der Waals surface area contributed by atoms with Crippen LogP contribution in [0.2, 0.25) is 0 Å². The van der Waals surface area contributed by atoms with Crippen molar-refractivity contribution < 1.29 is 9.90 Å². The summed E-state index contributed by atoms with van der Waals surface area (Å²) in [6, 6.07) is 7.47. The van der Waals surface area contributed by atoms with E-state index in [-0.39, 0.29) is 18.7 Å². The minimum atomic E-state index is -0.516. The van der Waals surface area contributed by atoms with Crippen LogP contribution in [0.1, 0.15) is 38.3 Å². The molecule has 0 spiro atoms. The predicted octanol–water partition coefficient (Wildman–Crippen LogP) is 2.97. The van der Waals surface area contributed by atoms with Gasteiger partial charge in [0.2, 0.25) is 0 Å². The Morgan fingerprint density at radius 1 is 1.50 bits per heavy atom. The molecule has 0 heterocycles. The molecular weight excluding hydrogens is 320 g/mol. The van der Waals surface area contributed by atoms with Crippen LogP contribution in [0.3, 0.4) is 0 Å². The van der Waals surface area contributed by atoms with E-state index in [4.69, 9.17) is 0 Å². The number of amides is 2. The number of halogens is 1. The number of carbonyl (C=O) groups excluding carboxylic acids is 1. The third-order valence-corrected chi connectivity index (χ3v) is 4.65. The monoisotopic (exact) mass is 340 g/mol. The highest BCUT2D eigenvalue weighted by Gasteiger charge is 2.42. The third-order valence-electron chi connectivity index (χ3n) is 3.93. The lowest BCUT2D eigenvalue weighted by Gasteiger charge is -2.29. The average molecular weight is 341 g/mol. The number of nitrogens with one attached hydrogen (secondary N) is 2. The van der Waals surface area contributed by atoms with Crippen LogP contribution in [-0.4, -0.2) is 23.3 Å². The Morgan fingerprint density at radius 2 is 2.15 bits per heavy atom. The Bertz CT molecular complexity index is 491. The number of urea groups is 1. The fourth-order valence-electron chi connectivity index (χ4n) is 2.39. The second-order valence-corrected chi connectivity index (χ2v) is 6.55. The van der Waals surface area contributed by atoms with Crippen molar-refractivity contribution in [1.29, 1.82) is 0 Å². The predicted molar refractivity (Wildman–Crippen MR) is 82.4 cm³/mol. The smallest absolute Gasteiger partial charge is 0.315 e. The number of hydrogen-bond acceptors (Lipinski definition) is 2. The SMILES string of the molecule is CC(NC(=O)NC(C)(CO)C1CC1)c1ccccc1Br. The normalized spacial score (nSPS) is 19.0. The van der Waals surface area contributed by atoms with Gasteiger partial charge in [-0.25, -0.2) is 4.79 Å². The first-order chi connectivity index (χ1) is 9.46. The van der Waals surface area contributed by atoms with Gasteiger partial charge in [0.25, 0.3) is 0 Å². The standard InChI is InChI=1S/C15H21BrN2O2/c1-10(12-5-3-4-6-13(12)16)17-14(20)18-15(2,9-19)11-7-8-11/h3-6,10-11,19H,7-9H2,1-2H3,(H2,17,18,20). The first-order valence-electron chi connectivity index (χ1n) is 6.90. The van der Waals surface area contributed by atoms with Gasteiger partial charge in [-0.15, -0.1) is 0 Å². The van der Waals surface area contributed by atoms with Crippen molar-refractivity contribution >= 4 is 22.0 Å². The van der Waals surface area contributed by atoms with Gasteiger partial charge in [0, 0.05) is 4.47 Å². The van der Waals surface area contributed by atoms with Crippen LogP contribution in [0.4, 0.5) is 4.79 Å². The molecular formula is C15H21BrN2O2. The van der Waals surface area contributed by atoms with E-state index in [1.807, 2.05) is 38.1 Å². The van der Waals surface area contributed by atoms with E-state index in [2.05, 4.69) is 26.6 Å². The molecule has 1 fully saturated rings. The number of rotatable bonds is 5. The molecule has 1 aliphatic carbocycles. The fraction of sp³-hybridized carbons (Fsp3) is 0.533. The molecule has 2 atom stereocenters. The van der Waals surface area contributed by atoms with Gasteiger partial charge in [-0.3, -0.25) is 0 Å². The van der Waals surface area contributed by atoms with Gasteiger partial charge in [0.15, 0.2) is 0 Å². The lowest BCUT2D eigenvalue weighted by Crippen LogP contribution is -2.54. The minimum Gasteiger partial charge on any atom is -0.394 e. The molecule has 0 saturated heterocycles. The van der Waals surface area contributed by atoms with Gasteiger partial charge in [0.05, 0.1) is 18.2 Å². The Hall–Kier alpha value is -1.07. The van der Waals surface area contributed by atoms with Crippen molar-refractivity contribution in [2.75, 3.05) is 6.61 Å². The van der Waals surface area contributed by atoms with Crippen molar-refractivity contribution in [3.8, 4) is 0 Å². The van der Waals surface area contributed by atoms with Crippen LogP contribution in [-0.2, 0) is 0 Å². The molecule has 2 unspecified atom stereocenters. The minimum absolute atomic E-state index is 0.0332. The molecule has 0 aromatic heterocycles. The second-order valence-electron chi connectivity index (χ2n) is 5.69. The van der Waals surface area contributed by atoms with Crippen LogP contribution in [0.5, 0.6) is 0 Å². The van der Waals surface area contributed by atoms with E-state index in [9.17, 15) is 9.90 Å². The summed E-state index contributed by atoms with van der Waals surface area (Å²) >= 11 is 3.48. The van der Waals surface area contributed by atoms with E-state index in [1.54, 1.807) is 0 Å². The van der Waals surface area contributed by atoms with Gasteiger partial charge < -0.3 is 15.7 Å². The zero-order valence-corrected chi connectivity index (χ0v) is 13.4. The van der Waals surface area contributed by atoms with Crippen molar-refractivity contribution in [1.82, 2.24) is 10.6 Å². The number of benzene rings is 1. The van der Waals surface area contributed by atoms with E-state index in [0.29, 0.717) is 5.92 Å². The summed E-state index contributed by atoms with van der Waals surface area (Å²) in [6.07, 6.45) is 2.13. The third kappa shape index (κ3) is 3.52. The maximum atomic E-state index is 12.1.